The van der Waals surface area contributed by atoms with Crippen LogP contribution < -0.4 is 4.74 Å². The van der Waals surface area contributed by atoms with Crippen molar-refractivity contribution in [2.24, 2.45) is 0 Å². The molecular formula is C16H16O3. The van der Waals surface area contributed by atoms with Crippen molar-refractivity contribution in [1.82, 2.24) is 0 Å². The zero-order chi connectivity index (χ0) is 13.8. The topological polar surface area (TPSA) is 46.5 Å². The summed E-state index contributed by atoms with van der Waals surface area (Å²) in [5, 5.41) is 9.32. The Morgan fingerprint density at radius 3 is 2.63 bits per heavy atom. The number of methoxy groups -OCH3 is 1. The highest BCUT2D eigenvalue weighted by molar-refractivity contribution is 5.96. The second-order valence-corrected chi connectivity index (χ2v) is 4.27. The van der Waals surface area contributed by atoms with E-state index in [0.717, 1.165) is 12.0 Å². The van der Waals surface area contributed by atoms with Gasteiger partial charge < -0.3 is 9.84 Å². The van der Waals surface area contributed by atoms with E-state index in [1.807, 2.05) is 24.3 Å². The van der Waals surface area contributed by atoms with E-state index in [1.165, 1.54) is 12.7 Å². The molecule has 0 saturated heterocycles. The van der Waals surface area contributed by atoms with Crippen LogP contribution in [0.3, 0.4) is 0 Å². The molecule has 0 aliphatic carbocycles. The Morgan fingerprint density at radius 1 is 1.21 bits per heavy atom. The molecule has 3 nitrogen and oxygen atoms in total. The maximum absolute atomic E-state index is 11.4. The van der Waals surface area contributed by atoms with Gasteiger partial charge in [0.15, 0.2) is 0 Å². The van der Waals surface area contributed by atoms with Gasteiger partial charge in [-0.2, -0.15) is 0 Å². The van der Waals surface area contributed by atoms with E-state index >= 15 is 0 Å². The summed E-state index contributed by atoms with van der Waals surface area (Å²) in [5.41, 5.74) is 3.07. The first-order valence-electron chi connectivity index (χ1n) is 6.16. The number of carbonyl (C=O) groups is 1. The van der Waals surface area contributed by atoms with Crippen molar-refractivity contribution in [3.63, 3.8) is 0 Å². The van der Waals surface area contributed by atoms with Crippen molar-refractivity contribution >= 4 is 5.97 Å². The van der Waals surface area contributed by atoms with E-state index in [-0.39, 0.29) is 5.56 Å². The van der Waals surface area contributed by atoms with E-state index in [4.69, 9.17) is 4.74 Å². The molecule has 0 fully saturated rings. The third kappa shape index (κ3) is 2.76. The minimum absolute atomic E-state index is 0.257. The Kier molecular flexibility index (Phi) is 3.85. The van der Waals surface area contributed by atoms with Crippen LogP contribution in [0.1, 0.15) is 22.8 Å². The zero-order valence-electron chi connectivity index (χ0n) is 11.0. The minimum Gasteiger partial charge on any atom is -0.497 e. The molecule has 0 aliphatic rings. The van der Waals surface area contributed by atoms with E-state index < -0.39 is 5.97 Å². The standard InChI is InChI=1S/C16H16O3/c1-3-11-5-4-6-12(9-11)14-8-7-13(19-2)10-15(14)16(17)18/h4-10H,3H2,1-2H3,(H,17,18). The van der Waals surface area contributed by atoms with Crippen LogP contribution in [0.15, 0.2) is 42.5 Å². The molecule has 0 heterocycles. The highest BCUT2D eigenvalue weighted by Gasteiger charge is 2.13. The highest BCUT2D eigenvalue weighted by Crippen LogP contribution is 2.28. The van der Waals surface area contributed by atoms with Gasteiger partial charge in [-0.05, 0) is 41.3 Å². The van der Waals surface area contributed by atoms with Crippen LogP contribution in [0.25, 0.3) is 11.1 Å². The Labute approximate surface area is 112 Å². The van der Waals surface area contributed by atoms with Gasteiger partial charge in [0.25, 0.3) is 0 Å². The van der Waals surface area contributed by atoms with Crippen molar-refractivity contribution in [3.05, 3.63) is 53.6 Å². The van der Waals surface area contributed by atoms with Crippen LogP contribution in [-0.4, -0.2) is 18.2 Å². The van der Waals surface area contributed by atoms with Crippen LogP contribution >= 0.6 is 0 Å². The number of carboxylic acid groups (broad SMARTS) is 1. The number of benzene rings is 2. The van der Waals surface area contributed by atoms with Gasteiger partial charge in [-0.25, -0.2) is 4.79 Å². The largest absolute Gasteiger partial charge is 0.497 e. The maximum atomic E-state index is 11.4. The average Bonchev–Trinajstić information content (AvgIpc) is 2.46. The minimum atomic E-state index is -0.948. The first kappa shape index (κ1) is 13.1. The number of aryl methyl sites for hydroxylation is 1. The molecule has 1 N–H and O–H groups in total. The fourth-order valence-electron chi connectivity index (χ4n) is 2.04. The van der Waals surface area contributed by atoms with Crippen LogP contribution in [0, 0.1) is 0 Å². The van der Waals surface area contributed by atoms with Gasteiger partial charge in [0.1, 0.15) is 5.75 Å². The van der Waals surface area contributed by atoms with Crippen molar-refractivity contribution < 1.29 is 14.6 Å². The predicted molar refractivity (Wildman–Crippen MR) is 74.8 cm³/mol. The molecule has 19 heavy (non-hydrogen) atoms. The Balaban J connectivity index is 2.57. The van der Waals surface area contributed by atoms with Gasteiger partial charge in [0.2, 0.25) is 0 Å². The molecule has 2 aromatic rings. The highest BCUT2D eigenvalue weighted by atomic mass is 16.5. The van der Waals surface area contributed by atoms with Crippen molar-refractivity contribution in [2.75, 3.05) is 7.11 Å². The molecule has 0 unspecified atom stereocenters. The molecule has 2 rings (SSSR count). The number of rotatable bonds is 4. The van der Waals surface area contributed by atoms with Gasteiger partial charge in [-0.3, -0.25) is 0 Å². The molecule has 0 radical (unpaired) electrons. The van der Waals surface area contributed by atoms with Crippen molar-refractivity contribution in [2.45, 2.75) is 13.3 Å². The SMILES string of the molecule is CCc1cccc(-c2ccc(OC)cc2C(=O)O)c1. The number of aromatic carboxylic acids is 1. The maximum Gasteiger partial charge on any atom is 0.336 e. The summed E-state index contributed by atoms with van der Waals surface area (Å²) in [4.78, 5) is 11.4. The van der Waals surface area contributed by atoms with Gasteiger partial charge in [-0.1, -0.05) is 31.2 Å². The first-order valence-corrected chi connectivity index (χ1v) is 6.16. The number of hydrogen-bond donors (Lipinski definition) is 1. The van der Waals surface area contributed by atoms with Gasteiger partial charge in [0.05, 0.1) is 12.7 Å². The zero-order valence-corrected chi connectivity index (χ0v) is 11.0. The Hall–Kier alpha value is -2.29. The summed E-state index contributed by atoms with van der Waals surface area (Å²) in [6.45, 7) is 2.07. The second kappa shape index (κ2) is 5.57. The molecule has 0 bridgehead atoms. The molecule has 2 aromatic carbocycles. The molecule has 0 amide bonds. The van der Waals surface area contributed by atoms with E-state index in [1.54, 1.807) is 18.2 Å². The molecule has 0 saturated carbocycles. The van der Waals surface area contributed by atoms with Crippen molar-refractivity contribution in [1.29, 1.82) is 0 Å². The van der Waals surface area contributed by atoms with Crippen LogP contribution in [-0.2, 0) is 6.42 Å². The number of carboxylic acids is 1. The van der Waals surface area contributed by atoms with Crippen molar-refractivity contribution in [3.8, 4) is 16.9 Å². The summed E-state index contributed by atoms with van der Waals surface area (Å²) in [6.07, 6.45) is 0.923. The second-order valence-electron chi connectivity index (χ2n) is 4.27. The molecule has 3 heteroatoms. The lowest BCUT2D eigenvalue weighted by Gasteiger charge is -2.09. The fraction of sp³-hybridized carbons (Fsp3) is 0.188. The quantitative estimate of drug-likeness (QED) is 0.908. The van der Waals surface area contributed by atoms with E-state index in [2.05, 4.69) is 6.92 Å². The lowest BCUT2D eigenvalue weighted by atomic mass is 9.97. The van der Waals surface area contributed by atoms with E-state index in [0.29, 0.717) is 11.3 Å². The summed E-state index contributed by atoms with van der Waals surface area (Å²) < 4.78 is 5.08. The van der Waals surface area contributed by atoms with E-state index in [9.17, 15) is 9.90 Å². The molecule has 0 atom stereocenters. The lowest BCUT2D eigenvalue weighted by molar-refractivity contribution is 0.0697. The summed E-state index contributed by atoms with van der Waals surface area (Å²) in [6, 6.07) is 13.0. The number of ether oxygens (including phenoxy) is 1. The molecule has 0 spiro atoms. The first-order chi connectivity index (χ1) is 9.15. The van der Waals surface area contributed by atoms with Gasteiger partial charge in [0, 0.05) is 0 Å². The molecular weight excluding hydrogens is 240 g/mol. The fourth-order valence-corrected chi connectivity index (χ4v) is 2.04. The lowest BCUT2D eigenvalue weighted by Crippen LogP contribution is -2.00. The summed E-state index contributed by atoms with van der Waals surface area (Å²) in [5.74, 6) is -0.399. The Morgan fingerprint density at radius 2 is 2.00 bits per heavy atom. The van der Waals surface area contributed by atoms with Crippen LogP contribution in [0.4, 0.5) is 0 Å². The van der Waals surface area contributed by atoms with Crippen LogP contribution in [0.2, 0.25) is 0 Å². The third-order valence-electron chi connectivity index (χ3n) is 3.10. The predicted octanol–water partition coefficient (Wildman–Crippen LogP) is 3.62. The van der Waals surface area contributed by atoms with Crippen LogP contribution in [0.5, 0.6) is 5.75 Å². The monoisotopic (exact) mass is 256 g/mol. The van der Waals surface area contributed by atoms with Gasteiger partial charge in [-0.15, -0.1) is 0 Å². The normalized spacial score (nSPS) is 10.2. The average molecular weight is 256 g/mol. The number of hydrogen-bond acceptors (Lipinski definition) is 2. The summed E-state index contributed by atoms with van der Waals surface area (Å²) in [7, 11) is 1.53. The molecule has 0 aromatic heterocycles. The Bertz CT molecular complexity index is 603. The van der Waals surface area contributed by atoms with Gasteiger partial charge >= 0.3 is 5.97 Å². The molecule has 0 aliphatic heterocycles. The molecule has 98 valence electrons. The summed E-state index contributed by atoms with van der Waals surface area (Å²) >= 11 is 0. The smallest absolute Gasteiger partial charge is 0.336 e. The third-order valence-corrected chi connectivity index (χ3v) is 3.10.